The summed E-state index contributed by atoms with van der Waals surface area (Å²) in [4.78, 5) is 10.7. The van der Waals surface area contributed by atoms with Gasteiger partial charge in [0.1, 0.15) is 16.7 Å². The topological polar surface area (TPSA) is 57.0 Å². The van der Waals surface area contributed by atoms with E-state index in [1.54, 1.807) is 0 Å². The van der Waals surface area contributed by atoms with Gasteiger partial charge in [-0.05, 0) is 69.1 Å². The highest BCUT2D eigenvalue weighted by atomic mass is 16.3. The minimum absolute atomic E-state index is 0.536. The van der Waals surface area contributed by atoms with E-state index >= 15 is 0 Å². The lowest BCUT2D eigenvalue weighted by atomic mass is 9.98. The van der Waals surface area contributed by atoms with Gasteiger partial charge in [0.05, 0.1) is 16.6 Å². The molecule has 0 saturated carbocycles. The van der Waals surface area contributed by atoms with Crippen molar-refractivity contribution in [1.29, 1.82) is 0 Å². The Bertz CT molecular complexity index is 3370. The van der Waals surface area contributed by atoms with E-state index in [0.29, 0.717) is 11.7 Å². The first-order valence-corrected chi connectivity index (χ1v) is 17.2. The molecule has 5 nitrogen and oxygen atoms in total. The van der Waals surface area contributed by atoms with Crippen LogP contribution in [0.25, 0.3) is 116 Å². The molecule has 12 aromatic rings. The molecule has 51 heavy (non-hydrogen) atoms. The van der Waals surface area contributed by atoms with Crippen LogP contribution in [0.3, 0.4) is 0 Å². The quantitative estimate of drug-likeness (QED) is 0.178. The Morgan fingerprint density at radius 1 is 0.431 bits per heavy atom. The van der Waals surface area contributed by atoms with Gasteiger partial charge in [0.2, 0.25) is 11.7 Å². The molecule has 0 atom stereocenters. The lowest BCUT2D eigenvalue weighted by molar-refractivity contribution is 0.651. The van der Waals surface area contributed by atoms with Crippen molar-refractivity contribution < 1.29 is 8.83 Å². The number of aromatic nitrogens is 3. The Hall–Kier alpha value is -6.98. The molecule has 236 valence electrons. The molecule has 0 amide bonds. The van der Waals surface area contributed by atoms with Crippen LogP contribution in [0.4, 0.5) is 0 Å². The summed E-state index contributed by atoms with van der Waals surface area (Å²) in [6, 6.07) is 53.2. The van der Waals surface area contributed by atoms with E-state index in [2.05, 4.69) is 120 Å². The summed E-state index contributed by atoms with van der Waals surface area (Å²) in [7, 11) is 0. The van der Waals surface area contributed by atoms with E-state index in [9.17, 15) is 0 Å². The molecular formula is C46H25N3O2. The van der Waals surface area contributed by atoms with Gasteiger partial charge in [0, 0.05) is 32.5 Å². The summed E-state index contributed by atoms with van der Waals surface area (Å²) in [5.41, 5.74) is 9.20. The van der Waals surface area contributed by atoms with Crippen molar-refractivity contribution in [2.75, 3.05) is 0 Å². The van der Waals surface area contributed by atoms with Crippen molar-refractivity contribution >= 4 is 87.4 Å². The summed E-state index contributed by atoms with van der Waals surface area (Å²) in [5.74, 6) is 0.536. The van der Waals surface area contributed by atoms with Crippen LogP contribution in [-0.2, 0) is 0 Å². The van der Waals surface area contributed by atoms with Crippen molar-refractivity contribution in [1.82, 2.24) is 14.5 Å². The normalized spacial score (nSPS) is 12.3. The summed E-state index contributed by atoms with van der Waals surface area (Å²) >= 11 is 0. The molecule has 4 heterocycles. The molecule has 0 bridgehead atoms. The maximum atomic E-state index is 6.69. The largest absolute Gasteiger partial charge is 0.454 e. The highest BCUT2D eigenvalue weighted by molar-refractivity contribution is 6.31. The molecule has 0 unspecified atom stereocenters. The maximum Gasteiger partial charge on any atom is 0.238 e. The smallest absolute Gasteiger partial charge is 0.238 e. The average molecular weight is 652 g/mol. The zero-order chi connectivity index (χ0) is 33.2. The number of hydrogen-bond donors (Lipinski definition) is 0. The van der Waals surface area contributed by atoms with Crippen LogP contribution in [0.2, 0.25) is 0 Å². The zero-order valence-electron chi connectivity index (χ0n) is 27.1. The summed E-state index contributed by atoms with van der Waals surface area (Å²) in [5, 5.41) is 11.0. The maximum absolute atomic E-state index is 6.69. The van der Waals surface area contributed by atoms with Crippen LogP contribution in [-0.4, -0.2) is 14.5 Å². The third-order valence-electron chi connectivity index (χ3n) is 10.6. The predicted molar refractivity (Wildman–Crippen MR) is 208 cm³/mol. The number of hydrogen-bond acceptors (Lipinski definition) is 4. The van der Waals surface area contributed by atoms with Gasteiger partial charge in [0.15, 0.2) is 5.58 Å². The Labute approximate surface area is 289 Å². The molecule has 0 radical (unpaired) electrons. The Morgan fingerprint density at radius 3 is 2.00 bits per heavy atom. The van der Waals surface area contributed by atoms with E-state index in [0.717, 1.165) is 82.1 Å². The summed E-state index contributed by atoms with van der Waals surface area (Å²) < 4.78 is 15.4. The molecular weight excluding hydrogens is 627 g/mol. The predicted octanol–water partition coefficient (Wildman–Crippen LogP) is 12.5. The van der Waals surface area contributed by atoms with Gasteiger partial charge in [-0.2, -0.15) is 4.98 Å². The van der Waals surface area contributed by atoms with Crippen LogP contribution in [0.1, 0.15) is 0 Å². The Balaban J connectivity index is 1.18. The van der Waals surface area contributed by atoms with Gasteiger partial charge < -0.3 is 8.83 Å². The molecule has 0 N–H and O–H groups in total. The number of benzene rings is 8. The van der Waals surface area contributed by atoms with E-state index in [4.69, 9.17) is 18.8 Å². The third kappa shape index (κ3) is 3.69. The number of para-hydroxylation sites is 2. The second kappa shape index (κ2) is 9.80. The van der Waals surface area contributed by atoms with Gasteiger partial charge in [-0.3, -0.25) is 4.57 Å². The average Bonchev–Trinajstić information content (AvgIpc) is 3.87. The first kappa shape index (κ1) is 26.9. The van der Waals surface area contributed by atoms with Crippen molar-refractivity contribution in [3.63, 3.8) is 0 Å². The fraction of sp³-hybridized carbons (Fsp3) is 0. The molecule has 5 heteroatoms. The van der Waals surface area contributed by atoms with Gasteiger partial charge in [-0.1, -0.05) is 115 Å². The minimum Gasteiger partial charge on any atom is -0.454 e. The van der Waals surface area contributed by atoms with E-state index in [1.807, 2.05) is 36.4 Å². The van der Waals surface area contributed by atoms with Gasteiger partial charge in [0.25, 0.3) is 0 Å². The van der Waals surface area contributed by atoms with Crippen LogP contribution in [0.5, 0.6) is 0 Å². The van der Waals surface area contributed by atoms with Gasteiger partial charge in [-0.25, -0.2) is 4.98 Å². The Kier molecular flexibility index (Phi) is 5.17. The monoisotopic (exact) mass is 651 g/mol. The minimum atomic E-state index is 0.536. The summed E-state index contributed by atoms with van der Waals surface area (Å²) in [6.45, 7) is 0. The van der Waals surface area contributed by atoms with Crippen LogP contribution >= 0.6 is 0 Å². The molecule has 0 saturated heterocycles. The zero-order valence-corrected chi connectivity index (χ0v) is 27.1. The molecule has 0 aliphatic rings. The second-order valence-electron chi connectivity index (χ2n) is 13.4. The number of rotatable bonds is 3. The van der Waals surface area contributed by atoms with Crippen LogP contribution in [0.15, 0.2) is 160 Å². The molecule has 4 aromatic heterocycles. The molecule has 0 spiro atoms. The lowest BCUT2D eigenvalue weighted by Crippen LogP contribution is -2.03. The second-order valence-corrected chi connectivity index (χ2v) is 13.4. The number of furan rings is 2. The van der Waals surface area contributed by atoms with Crippen molar-refractivity contribution in [3.8, 4) is 28.3 Å². The number of fused-ring (bicyclic) bond motifs is 8. The number of nitrogens with zero attached hydrogens (tertiary/aromatic N) is 3. The SMILES string of the molecule is c1ccc(-c2ccc3cc(-c4nc(-n5c6cccc7ccc8cc9c%10ccccc%10oc9c5c8c76)nc5oc6ccccc6c45)ccc3c2)cc1. The van der Waals surface area contributed by atoms with E-state index in [-0.39, 0.29) is 0 Å². The highest BCUT2D eigenvalue weighted by Gasteiger charge is 2.25. The highest BCUT2D eigenvalue weighted by Crippen LogP contribution is 2.45. The van der Waals surface area contributed by atoms with Crippen molar-refractivity contribution in [2.24, 2.45) is 0 Å². The molecule has 0 fully saturated rings. The van der Waals surface area contributed by atoms with Crippen molar-refractivity contribution in [3.05, 3.63) is 152 Å². The van der Waals surface area contributed by atoms with Crippen LogP contribution in [0, 0.1) is 0 Å². The van der Waals surface area contributed by atoms with E-state index in [1.165, 1.54) is 21.9 Å². The first-order chi connectivity index (χ1) is 25.3. The van der Waals surface area contributed by atoms with Crippen molar-refractivity contribution in [2.45, 2.75) is 0 Å². The summed E-state index contributed by atoms with van der Waals surface area (Å²) in [6.07, 6.45) is 0. The van der Waals surface area contributed by atoms with Gasteiger partial charge in [-0.15, -0.1) is 0 Å². The fourth-order valence-corrected chi connectivity index (χ4v) is 8.26. The lowest BCUT2D eigenvalue weighted by Gasteiger charge is -2.11. The molecule has 12 rings (SSSR count). The van der Waals surface area contributed by atoms with E-state index < -0.39 is 0 Å². The third-order valence-corrected chi connectivity index (χ3v) is 10.6. The van der Waals surface area contributed by atoms with Gasteiger partial charge >= 0.3 is 0 Å². The standard InChI is InChI=1S/C46H25N3O2/c1-2-9-26(10-3-1)28-18-19-30-24-32(22-20-29(30)23-28)42-41-34-13-5-7-16-38(34)51-45(41)48-46(47-42)49-36-14-8-11-27-17-21-31-25-35-33-12-4-6-15-37(33)50-44(35)43(49)40(31)39(27)36/h1-25H. The molecule has 0 aliphatic heterocycles. The Morgan fingerprint density at radius 2 is 1.14 bits per heavy atom. The fourth-order valence-electron chi connectivity index (χ4n) is 8.26. The first-order valence-electron chi connectivity index (χ1n) is 17.2. The molecule has 8 aromatic carbocycles. The van der Waals surface area contributed by atoms with Crippen LogP contribution < -0.4 is 0 Å². The molecule has 0 aliphatic carbocycles.